The van der Waals surface area contributed by atoms with E-state index in [0.717, 1.165) is 18.8 Å². The Labute approximate surface area is 87.2 Å². The van der Waals surface area contributed by atoms with Crippen LogP contribution >= 0.6 is 0 Å². The van der Waals surface area contributed by atoms with Crippen molar-refractivity contribution in [2.24, 2.45) is 5.92 Å². The lowest BCUT2D eigenvalue weighted by Crippen LogP contribution is -2.33. The van der Waals surface area contributed by atoms with E-state index in [9.17, 15) is 4.79 Å². The van der Waals surface area contributed by atoms with Crippen LogP contribution in [0.2, 0.25) is 0 Å². The van der Waals surface area contributed by atoms with Crippen molar-refractivity contribution in [1.29, 1.82) is 0 Å². The molecule has 0 radical (unpaired) electrons. The molecule has 3 heteroatoms. The number of nitrogens with one attached hydrogen (secondary N) is 1. The molecule has 1 atom stereocenters. The summed E-state index contributed by atoms with van der Waals surface area (Å²) in [6, 6.07) is 0.216. The van der Waals surface area contributed by atoms with E-state index in [0.29, 0.717) is 6.61 Å². The molecule has 0 aromatic carbocycles. The standard InChI is InChI=1S/C11H23NO2/c1-5-14-11(13)12-10(4)8-6-7-9(2)3/h9-10H,5-8H2,1-4H3,(H,12,13). The fourth-order valence-electron chi connectivity index (χ4n) is 1.28. The highest BCUT2D eigenvalue weighted by Crippen LogP contribution is 2.08. The van der Waals surface area contributed by atoms with Gasteiger partial charge in [-0.3, -0.25) is 0 Å². The van der Waals surface area contributed by atoms with Gasteiger partial charge in [0.1, 0.15) is 0 Å². The Hall–Kier alpha value is -0.730. The number of rotatable bonds is 6. The smallest absolute Gasteiger partial charge is 0.407 e. The highest BCUT2D eigenvalue weighted by Gasteiger charge is 2.07. The molecule has 0 saturated carbocycles. The molecule has 0 bridgehead atoms. The summed E-state index contributed by atoms with van der Waals surface area (Å²) in [7, 11) is 0. The normalized spacial score (nSPS) is 12.6. The van der Waals surface area contributed by atoms with Crippen molar-refractivity contribution in [2.75, 3.05) is 6.61 Å². The summed E-state index contributed by atoms with van der Waals surface area (Å²) in [5, 5.41) is 2.79. The van der Waals surface area contributed by atoms with E-state index in [4.69, 9.17) is 4.74 Å². The Kier molecular flexibility index (Phi) is 7.25. The summed E-state index contributed by atoms with van der Waals surface area (Å²) in [5.41, 5.74) is 0. The molecular weight excluding hydrogens is 178 g/mol. The van der Waals surface area contributed by atoms with E-state index < -0.39 is 0 Å². The summed E-state index contributed by atoms with van der Waals surface area (Å²) in [4.78, 5) is 11.0. The molecule has 0 heterocycles. The fraction of sp³-hybridized carbons (Fsp3) is 0.909. The molecule has 0 aliphatic rings. The minimum Gasteiger partial charge on any atom is -0.450 e. The molecule has 1 amide bonds. The second kappa shape index (κ2) is 7.65. The van der Waals surface area contributed by atoms with E-state index in [-0.39, 0.29) is 12.1 Å². The van der Waals surface area contributed by atoms with Gasteiger partial charge in [-0.1, -0.05) is 26.7 Å². The summed E-state index contributed by atoms with van der Waals surface area (Å²) in [5.74, 6) is 0.741. The summed E-state index contributed by atoms with van der Waals surface area (Å²) in [6.07, 6.45) is 3.10. The van der Waals surface area contributed by atoms with Crippen LogP contribution in [-0.2, 0) is 4.74 Å². The van der Waals surface area contributed by atoms with Crippen molar-refractivity contribution in [3.63, 3.8) is 0 Å². The van der Waals surface area contributed by atoms with E-state index in [1.54, 1.807) is 0 Å². The summed E-state index contributed by atoms with van der Waals surface area (Å²) < 4.78 is 4.79. The Balaban J connectivity index is 3.44. The van der Waals surface area contributed by atoms with Crippen molar-refractivity contribution in [2.45, 2.75) is 53.0 Å². The van der Waals surface area contributed by atoms with Gasteiger partial charge in [-0.2, -0.15) is 0 Å². The number of alkyl carbamates (subject to hydrolysis) is 1. The fourth-order valence-corrected chi connectivity index (χ4v) is 1.28. The predicted molar refractivity (Wildman–Crippen MR) is 58.3 cm³/mol. The molecule has 84 valence electrons. The first-order chi connectivity index (χ1) is 6.56. The highest BCUT2D eigenvalue weighted by atomic mass is 16.5. The maximum atomic E-state index is 11.0. The lowest BCUT2D eigenvalue weighted by atomic mass is 10.0. The molecule has 1 unspecified atom stereocenters. The minimum absolute atomic E-state index is 0.216. The maximum Gasteiger partial charge on any atom is 0.407 e. The van der Waals surface area contributed by atoms with Crippen LogP contribution in [0, 0.1) is 5.92 Å². The zero-order valence-electron chi connectivity index (χ0n) is 9.80. The predicted octanol–water partition coefficient (Wildman–Crippen LogP) is 2.95. The Morgan fingerprint density at radius 1 is 1.29 bits per heavy atom. The molecule has 0 aliphatic carbocycles. The van der Waals surface area contributed by atoms with Gasteiger partial charge in [0, 0.05) is 6.04 Å². The minimum atomic E-state index is -0.301. The van der Waals surface area contributed by atoms with Crippen LogP contribution in [-0.4, -0.2) is 18.7 Å². The van der Waals surface area contributed by atoms with Crippen molar-refractivity contribution in [3.8, 4) is 0 Å². The topological polar surface area (TPSA) is 38.3 Å². The third-order valence-corrected chi connectivity index (χ3v) is 2.06. The molecule has 14 heavy (non-hydrogen) atoms. The molecule has 0 aromatic heterocycles. The van der Waals surface area contributed by atoms with E-state index in [2.05, 4.69) is 19.2 Å². The zero-order chi connectivity index (χ0) is 11.0. The second-order valence-electron chi connectivity index (χ2n) is 4.09. The molecule has 1 N–H and O–H groups in total. The molecule has 0 rings (SSSR count). The van der Waals surface area contributed by atoms with Gasteiger partial charge in [-0.25, -0.2) is 4.79 Å². The van der Waals surface area contributed by atoms with E-state index in [1.165, 1.54) is 6.42 Å². The first-order valence-corrected chi connectivity index (χ1v) is 5.49. The number of carbonyl (C=O) groups is 1. The third-order valence-electron chi connectivity index (χ3n) is 2.06. The molecular formula is C11H23NO2. The Morgan fingerprint density at radius 2 is 1.93 bits per heavy atom. The van der Waals surface area contributed by atoms with Gasteiger partial charge in [0.05, 0.1) is 6.61 Å². The first-order valence-electron chi connectivity index (χ1n) is 5.49. The molecule has 0 fully saturated rings. The number of hydrogen-bond acceptors (Lipinski definition) is 2. The van der Waals surface area contributed by atoms with E-state index in [1.807, 2.05) is 13.8 Å². The number of carbonyl (C=O) groups excluding carboxylic acids is 1. The summed E-state index contributed by atoms with van der Waals surface area (Å²) >= 11 is 0. The quantitative estimate of drug-likeness (QED) is 0.717. The Bertz CT molecular complexity index is 157. The lowest BCUT2D eigenvalue weighted by molar-refractivity contribution is 0.148. The molecule has 3 nitrogen and oxygen atoms in total. The molecule has 0 saturated heterocycles. The summed E-state index contributed by atoms with van der Waals surface area (Å²) in [6.45, 7) is 8.68. The van der Waals surface area contributed by atoms with Crippen LogP contribution in [0.5, 0.6) is 0 Å². The monoisotopic (exact) mass is 201 g/mol. The SMILES string of the molecule is CCOC(=O)NC(C)CCCC(C)C. The van der Waals surface area contributed by atoms with Gasteiger partial charge in [-0.05, 0) is 26.2 Å². The van der Waals surface area contributed by atoms with Gasteiger partial charge in [0.25, 0.3) is 0 Å². The van der Waals surface area contributed by atoms with Gasteiger partial charge in [0.15, 0.2) is 0 Å². The van der Waals surface area contributed by atoms with Crippen molar-refractivity contribution in [1.82, 2.24) is 5.32 Å². The van der Waals surface area contributed by atoms with Crippen LogP contribution in [0.4, 0.5) is 4.79 Å². The second-order valence-corrected chi connectivity index (χ2v) is 4.09. The largest absolute Gasteiger partial charge is 0.450 e. The number of amides is 1. The van der Waals surface area contributed by atoms with Crippen LogP contribution in [0.1, 0.15) is 47.0 Å². The van der Waals surface area contributed by atoms with Gasteiger partial charge < -0.3 is 10.1 Å². The molecule has 0 aromatic rings. The van der Waals surface area contributed by atoms with Crippen molar-refractivity contribution < 1.29 is 9.53 Å². The van der Waals surface area contributed by atoms with Crippen LogP contribution in [0.3, 0.4) is 0 Å². The molecule has 0 aliphatic heterocycles. The van der Waals surface area contributed by atoms with Crippen molar-refractivity contribution in [3.05, 3.63) is 0 Å². The lowest BCUT2D eigenvalue weighted by Gasteiger charge is -2.13. The van der Waals surface area contributed by atoms with Crippen LogP contribution < -0.4 is 5.32 Å². The maximum absolute atomic E-state index is 11.0. The number of ether oxygens (including phenoxy) is 1. The third kappa shape index (κ3) is 7.90. The van der Waals surface area contributed by atoms with Gasteiger partial charge in [-0.15, -0.1) is 0 Å². The average molecular weight is 201 g/mol. The van der Waals surface area contributed by atoms with Crippen LogP contribution in [0.25, 0.3) is 0 Å². The Morgan fingerprint density at radius 3 is 2.43 bits per heavy atom. The van der Waals surface area contributed by atoms with Crippen molar-refractivity contribution >= 4 is 6.09 Å². The average Bonchev–Trinajstić information content (AvgIpc) is 2.03. The highest BCUT2D eigenvalue weighted by molar-refractivity contribution is 5.67. The zero-order valence-corrected chi connectivity index (χ0v) is 9.80. The molecule has 0 spiro atoms. The van der Waals surface area contributed by atoms with Gasteiger partial charge in [0.2, 0.25) is 0 Å². The first kappa shape index (κ1) is 13.3. The van der Waals surface area contributed by atoms with Crippen LogP contribution in [0.15, 0.2) is 0 Å². The van der Waals surface area contributed by atoms with Gasteiger partial charge >= 0.3 is 6.09 Å². The van der Waals surface area contributed by atoms with E-state index >= 15 is 0 Å². The number of hydrogen-bond donors (Lipinski definition) is 1.